The van der Waals surface area contributed by atoms with Gasteiger partial charge in [0.2, 0.25) is 5.91 Å². The molecule has 8 heteroatoms. The number of para-hydroxylation sites is 1. The Labute approximate surface area is 180 Å². The smallest absolute Gasteiger partial charge is 0.251 e. The lowest BCUT2D eigenvalue weighted by atomic mass is 10.0. The summed E-state index contributed by atoms with van der Waals surface area (Å²) in [6, 6.07) is 14.3. The molecule has 4 rings (SSSR count). The molecule has 31 heavy (non-hydrogen) atoms. The molecule has 1 fully saturated rings. The third-order valence-corrected chi connectivity index (χ3v) is 5.84. The molecule has 2 aliphatic rings. The standard InChI is InChI=1S/C23H26N2O6/c1-30-16-8-6-15(7-9-16)23(29)24-13-19-22(28)21(27)18(31-19)12-20(26)25-11-10-14-4-2-3-5-17(14)25/h2-9,18-19,21-22,27-28H,10-13H2,1H3,(H,24,29). The molecule has 0 saturated carbocycles. The summed E-state index contributed by atoms with van der Waals surface area (Å²) >= 11 is 0. The largest absolute Gasteiger partial charge is 0.497 e. The van der Waals surface area contributed by atoms with Crippen LogP contribution in [0.5, 0.6) is 5.75 Å². The Hall–Kier alpha value is -2.94. The van der Waals surface area contributed by atoms with E-state index in [-0.39, 0.29) is 24.8 Å². The number of carbonyl (C=O) groups excluding carboxylic acids is 2. The maximum Gasteiger partial charge on any atom is 0.251 e. The summed E-state index contributed by atoms with van der Waals surface area (Å²) in [4.78, 5) is 26.8. The van der Waals surface area contributed by atoms with Crippen molar-refractivity contribution >= 4 is 17.5 Å². The van der Waals surface area contributed by atoms with E-state index in [1.807, 2.05) is 24.3 Å². The van der Waals surface area contributed by atoms with Gasteiger partial charge in [-0.3, -0.25) is 9.59 Å². The van der Waals surface area contributed by atoms with E-state index >= 15 is 0 Å². The van der Waals surface area contributed by atoms with Crippen molar-refractivity contribution in [2.45, 2.75) is 37.3 Å². The van der Waals surface area contributed by atoms with E-state index in [9.17, 15) is 19.8 Å². The highest BCUT2D eigenvalue weighted by Crippen LogP contribution is 2.30. The van der Waals surface area contributed by atoms with Gasteiger partial charge in [0.15, 0.2) is 0 Å². The fraction of sp³-hybridized carbons (Fsp3) is 0.391. The van der Waals surface area contributed by atoms with Crippen LogP contribution in [0.2, 0.25) is 0 Å². The first-order valence-corrected chi connectivity index (χ1v) is 10.3. The average Bonchev–Trinajstić information content (AvgIpc) is 3.34. The van der Waals surface area contributed by atoms with Crippen molar-refractivity contribution in [3.8, 4) is 5.75 Å². The number of benzene rings is 2. The molecule has 2 heterocycles. The van der Waals surface area contributed by atoms with Gasteiger partial charge < -0.3 is 29.9 Å². The number of rotatable bonds is 6. The van der Waals surface area contributed by atoms with Crippen molar-refractivity contribution in [2.75, 3.05) is 25.1 Å². The Morgan fingerprint density at radius 2 is 1.81 bits per heavy atom. The predicted octanol–water partition coefficient (Wildman–Crippen LogP) is 0.894. The number of methoxy groups -OCH3 is 1. The average molecular weight is 426 g/mol. The summed E-state index contributed by atoms with van der Waals surface area (Å²) in [5.41, 5.74) is 2.43. The first-order chi connectivity index (χ1) is 15.0. The minimum atomic E-state index is -1.20. The number of nitrogens with zero attached hydrogens (tertiary/aromatic N) is 1. The van der Waals surface area contributed by atoms with E-state index in [2.05, 4.69) is 5.32 Å². The molecule has 2 aromatic carbocycles. The summed E-state index contributed by atoms with van der Waals surface area (Å²) in [6.07, 6.45) is -3.29. The first kappa shape index (κ1) is 21.3. The minimum Gasteiger partial charge on any atom is -0.497 e. The predicted molar refractivity (Wildman–Crippen MR) is 113 cm³/mol. The SMILES string of the molecule is COc1ccc(C(=O)NCC2OC(CC(=O)N3CCc4ccccc43)C(O)C2O)cc1. The molecule has 164 valence electrons. The van der Waals surface area contributed by atoms with Gasteiger partial charge in [0.1, 0.15) is 24.1 Å². The molecule has 3 N–H and O–H groups in total. The molecule has 2 aromatic rings. The van der Waals surface area contributed by atoms with Crippen molar-refractivity contribution in [1.29, 1.82) is 0 Å². The normalized spacial score (nSPS) is 24.7. The second-order valence-electron chi connectivity index (χ2n) is 7.76. The Morgan fingerprint density at radius 1 is 1.10 bits per heavy atom. The van der Waals surface area contributed by atoms with Crippen LogP contribution in [0.4, 0.5) is 5.69 Å². The molecule has 0 spiro atoms. The first-order valence-electron chi connectivity index (χ1n) is 10.3. The fourth-order valence-corrected chi connectivity index (χ4v) is 4.08. The molecule has 2 aliphatic heterocycles. The van der Waals surface area contributed by atoms with E-state index in [1.54, 1.807) is 36.3 Å². The zero-order valence-corrected chi connectivity index (χ0v) is 17.2. The van der Waals surface area contributed by atoms with Gasteiger partial charge in [-0.25, -0.2) is 0 Å². The van der Waals surface area contributed by atoms with Crippen molar-refractivity contribution in [3.05, 3.63) is 59.7 Å². The van der Waals surface area contributed by atoms with Crippen LogP contribution in [0.15, 0.2) is 48.5 Å². The third-order valence-electron chi connectivity index (χ3n) is 5.84. The van der Waals surface area contributed by atoms with Crippen molar-refractivity contribution in [2.24, 2.45) is 0 Å². The maximum atomic E-state index is 12.8. The van der Waals surface area contributed by atoms with Crippen LogP contribution in [0.1, 0.15) is 22.3 Å². The molecule has 4 atom stereocenters. The van der Waals surface area contributed by atoms with Gasteiger partial charge in [-0.05, 0) is 42.3 Å². The number of anilines is 1. The highest BCUT2D eigenvalue weighted by atomic mass is 16.5. The molecular formula is C23H26N2O6. The van der Waals surface area contributed by atoms with Crippen LogP contribution in [0, 0.1) is 0 Å². The van der Waals surface area contributed by atoms with Crippen LogP contribution in [-0.4, -0.2) is 66.6 Å². The van der Waals surface area contributed by atoms with Crippen molar-refractivity contribution in [1.82, 2.24) is 5.32 Å². The number of ether oxygens (including phenoxy) is 2. The van der Waals surface area contributed by atoms with Gasteiger partial charge in [0.25, 0.3) is 5.91 Å². The summed E-state index contributed by atoms with van der Waals surface area (Å²) in [7, 11) is 1.54. The van der Waals surface area contributed by atoms with Gasteiger partial charge in [0.05, 0.1) is 19.6 Å². The van der Waals surface area contributed by atoms with E-state index in [1.165, 1.54) is 0 Å². The molecular weight excluding hydrogens is 400 g/mol. The molecule has 0 aromatic heterocycles. The van der Waals surface area contributed by atoms with Crippen molar-refractivity contribution in [3.63, 3.8) is 0 Å². The number of nitrogens with one attached hydrogen (secondary N) is 1. The Balaban J connectivity index is 1.32. The summed E-state index contributed by atoms with van der Waals surface area (Å²) in [5.74, 6) is 0.146. The van der Waals surface area contributed by atoms with E-state index in [4.69, 9.17) is 9.47 Å². The van der Waals surface area contributed by atoms with Gasteiger partial charge in [-0.1, -0.05) is 18.2 Å². The number of aliphatic hydroxyl groups excluding tert-OH is 2. The summed E-state index contributed by atoms with van der Waals surface area (Å²) in [5, 5.41) is 23.4. The van der Waals surface area contributed by atoms with Gasteiger partial charge in [0, 0.05) is 24.3 Å². The number of fused-ring (bicyclic) bond motifs is 1. The van der Waals surface area contributed by atoms with Crippen LogP contribution < -0.4 is 15.0 Å². The van der Waals surface area contributed by atoms with Crippen LogP contribution in [0.3, 0.4) is 0 Å². The van der Waals surface area contributed by atoms with Crippen LogP contribution in [-0.2, 0) is 16.0 Å². The molecule has 0 bridgehead atoms. The Bertz CT molecular complexity index is 947. The monoisotopic (exact) mass is 426 g/mol. The molecule has 8 nitrogen and oxygen atoms in total. The van der Waals surface area contributed by atoms with E-state index in [0.717, 1.165) is 17.7 Å². The zero-order chi connectivity index (χ0) is 22.0. The molecule has 2 amide bonds. The number of aliphatic hydroxyl groups is 2. The highest BCUT2D eigenvalue weighted by Gasteiger charge is 2.44. The molecule has 4 unspecified atom stereocenters. The van der Waals surface area contributed by atoms with Crippen LogP contribution >= 0.6 is 0 Å². The molecule has 0 aliphatic carbocycles. The third kappa shape index (κ3) is 4.41. The van der Waals surface area contributed by atoms with Crippen LogP contribution in [0.25, 0.3) is 0 Å². The van der Waals surface area contributed by atoms with Gasteiger partial charge in [-0.15, -0.1) is 0 Å². The van der Waals surface area contributed by atoms with E-state index in [0.29, 0.717) is 17.9 Å². The lowest BCUT2D eigenvalue weighted by Crippen LogP contribution is -2.40. The van der Waals surface area contributed by atoms with Gasteiger partial charge >= 0.3 is 0 Å². The summed E-state index contributed by atoms with van der Waals surface area (Å²) in [6.45, 7) is 0.602. The molecule has 0 radical (unpaired) electrons. The summed E-state index contributed by atoms with van der Waals surface area (Å²) < 4.78 is 10.8. The topological polar surface area (TPSA) is 108 Å². The van der Waals surface area contributed by atoms with Crippen molar-refractivity contribution < 1.29 is 29.3 Å². The maximum absolute atomic E-state index is 12.8. The lowest BCUT2D eigenvalue weighted by molar-refractivity contribution is -0.122. The number of hydrogen-bond donors (Lipinski definition) is 3. The van der Waals surface area contributed by atoms with Gasteiger partial charge in [-0.2, -0.15) is 0 Å². The number of carbonyl (C=O) groups is 2. The number of hydrogen-bond acceptors (Lipinski definition) is 6. The zero-order valence-electron chi connectivity index (χ0n) is 17.2. The quantitative estimate of drug-likeness (QED) is 0.633. The number of amides is 2. The minimum absolute atomic E-state index is 0.0142. The Morgan fingerprint density at radius 3 is 2.55 bits per heavy atom. The lowest BCUT2D eigenvalue weighted by Gasteiger charge is -2.21. The molecule has 1 saturated heterocycles. The fourth-order valence-electron chi connectivity index (χ4n) is 4.08. The highest BCUT2D eigenvalue weighted by molar-refractivity contribution is 5.96. The van der Waals surface area contributed by atoms with E-state index < -0.39 is 24.4 Å². The Kier molecular flexibility index (Phi) is 6.22. The second kappa shape index (κ2) is 9.05. The second-order valence-corrected chi connectivity index (χ2v) is 7.76.